The molecule has 4 nitrogen and oxygen atoms in total. The number of ketones is 1. The predicted octanol–water partition coefficient (Wildman–Crippen LogP) is 2.18. The van der Waals surface area contributed by atoms with Gasteiger partial charge in [0.25, 0.3) is 5.89 Å². The van der Waals surface area contributed by atoms with Crippen molar-refractivity contribution >= 4 is 5.78 Å². The highest BCUT2D eigenvalue weighted by molar-refractivity contribution is 5.89. The molecule has 2 unspecified atom stereocenters. The van der Waals surface area contributed by atoms with E-state index in [-0.39, 0.29) is 11.7 Å². The van der Waals surface area contributed by atoms with Crippen LogP contribution in [-0.4, -0.2) is 15.9 Å². The fourth-order valence-electron chi connectivity index (χ4n) is 1.99. The zero-order chi connectivity index (χ0) is 10.1. The van der Waals surface area contributed by atoms with Crippen molar-refractivity contribution in [2.75, 3.05) is 0 Å². The Morgan fingerprint density at radius 3 is 2.79 bits per heavy atom. The summed E-state index contributed by atoms with van der Waals surface area (Å²) in [5, 5.41) is 3.85. The molecule has 1 aromatic rings. The third-order valence-electron chi connectivity index (χ3n) is 2.80. The summed E-state index contributed by atoms with van der Waals surface area (Å²) in [6, 6.07) is 0. The van der Waals surface area contributed by atoms with Crippen molar-refractivity contribution in [3.05, 3.63) is 11.7 Å². The molecule has 2 atom stereocenters. The van der Waals surface area contributed by atoms with Crippen molar-refractivity contribution in [3.63, 3.8) is 0 Å². The smallest absolute Gasteiger partial charge is 0.293 e. The summed E-state index contributed by atoms with van der Waals surface area (Å²) in [5.41, 5.74) is 0. The molecule has 14 heavy (non-hydrogen) atoms. The molecule has 0 aromatic carbocycles. The van der Waals surface area contributed by atoms with Crippen molar-refractivity contribution < 1.29 is 9.32 Å². The fourth-order valence-corrected chi connectivity index (χ4v) is 1.99. The van der Waals surface area contributed by atoms with E-state index in [1.165, 1.54) is 13.3 Å². The van der Waals surface area contributed by atoms with Crippen LogP contribution in [0.4, 0.5) is 0 Å². The lowest BCUT2D eigenvalue weighted by molar-refractivity contribution is 0.0972. The molecule has 1 aromatic heterocycles. The van der Waals surface area contributed by atoms with Gasteiger partial charge < -0.3 is 4.52 Å². The number of carbonyl (C=O) groups excluding carboxylic acids is 1. The number of hydrogen-bond acceptors (Lipinski definition) is 4. The summed E-state index contributed by atoms with van der Waals surface area (Å²) in [4.78, 5) is 15.0. The first-order valence-electron chi connectivity index (χ1n) is 5.01. The largest absolute Gasteiger partial charge is 0.331 e. The molecule has 0 bridgehead atoms. The molecule has 1 fully saturated rings. The van der Waals surface area contributed by atoms with Gasteiger partial charge in [0.15, 0.2) is 5.82 Å². The number of hydrogen-bond donors (Lipinski definition) is 0. The number of carbonyl (C=O) groups is 1. The molecule has 0 aliphatic heterocycles. The summed E-state index contributed by atoms with van der Waals surface area (Å²) in [6.45, 7) is 3.67. The van der Waals surface area contributed by atoms with Crippen LogP contribution in [-0.2, 0) is 0 Å². The Morgan fingerprint density at radius 2 is 2.29 bits per heavy atom. The molecule has 1 heterocycles. The minimum absolute atomic E-state index is 0.138. The van der Waals surface area contributed by atoms with Crippen molar-refractivity contribution in [2.45, 2.75) is 39.0 Å². The first-order valence-corrected chi connectivity index (χ1v) is 5.01. The van der Waals surface area contributed by atoms with Crippen LogP contribution in [0.2, 0.25) is 0 Å². The molecular weight excluding hydrogens is 180 g/mol. The Labute approximate surface area is 82.7 Å². The molecule has 0 spiro atoms. The quantitative estimate of drug-likeness (QED) is 0.677. The van der Waals surface area contributed by atoms with Crippen molar-refractivity contribution in [3.8, 4) is 0 Å². The van der Waals surface area contributed by atoms with Crippen LogP contribution >= 0.6 is 0 Å². The Hall–Kier alpha value is -1.19. The van der Waals surface area contributed by atoms with Crippen LogP contribution in [0, 0.1) is 5.92 Å². The minimum Gasteiger partial charge on any atom is -0.331 e. The van der Waals surface area contributed by atoms with Gasteiger partial charge in [-0.2, -0.15) is 4.98 Å². The second-order valence-electron chi connectivity index (χ2n) is 4.13. The molecule has 0 saturated heterocycles. The van der Waals surface area contributed by atoms with Crippen LogP contribution in [0.1, 0.15) is 55.5 Å². The van der Waals surface area contributed by atoms with Crippen LogP contribution in [0.3, 0.4) is 0 Å². The van der Waals surface area contributed by atoms with E-state index in [0.29, 0.717) is 11.7 Å². The molecule has 1 aliphatic rings. The summed E-state index contributed by atoms with van der Waals surface area (Å²) >= 11 is 0. The molecule has 4 heteroatoms. The third-order valence-corrected chi connectivity index (χ3v) is 2.80. The highest BCUT2D eigenvalue weighted by atomic mass is 16.5. The van der Waals surface area contributed by atoms with Gasteiger partial charge in [-0.05, 0) is 25.2 Å². The standard InChI is InChI=1S/C10H14N2O2/c1-6-3-4-8(5-6)9-11-10(7(2)13)14-12-9/h6,8H,3-5H2,1-2H3. The van der Waals surface area contributed by atoms with Gasteiger partial charge in [-0.1, -0.05) is 12.1 Å². The number of Topliss-reactive ketones (excluding diaryl/α,β-unsaturated/α-hetero) is 1. The van der Waals surface area contributed by atoms with Crippen molar-refractivity contribution in [1.29, 1.82) is 0 Å². The van der Waals surface area contributed by atoms with E-state index < -0.39 is 0 Å². The van der Waals surface area contributed by atoms with Gasteiger partial charge in [0.05, 0.1) is 0 Å². The highest BCUT2D eigenvalue weighted by Gasteiger charge is 2.27. The van der Waals surface area contributed by atoms with E-state index in [9.17, 15) is 4.79 Å². The molecule has 76 valence electrons. The second-order valence-corrected chi connectivity index (χ2v) is 4.13. The van der Waals surface area contributed by atoms with Crippen molar-refractivity contribution in [1.82, 2.24) is 10.1 Å². The van der Waals surface area contributed by atoms with Gasteiger partial charge in [-0.25, -0.2) is 0 Å². The second kappa shape index (κ2) is 3.52. The fraction of sp³-hybridized carbons (Fsp3) is 0.700. The van der Waals surface area contributed by atoms with Crippen LogP contribution < -0.4 is 0 Å². The van der Waals surface area contributed by atoms with Gasteiger partial charge >= 0.3 is 0 Å². The first-order chi connectivity index (χ1) is 6.66. The molecule has 0 radical (unpaired) electrons. The van der Waals surface area contributed by atoms with E-state index in [1.807, 2.05) is 0 Å². The van der Waals surface area contributed by atoms with E-state index >= 15 is 0 Å². The Balaban J connectivity index is 2.13. The lowest BCUT2D eigenvalue weighted by Gasteiger charge is -2.01. The predicted molar refractivity (Wildman–Crippen MR) is 50.1 cm³/mol. The Bertz CT molecular complexity index is 346. The normalized spacial score (nSPS) is 26.7. The van der Waals surface area contributed by atoms with Gasteiger partial charge in [-0.3, -0.25) is 4.79 Å². The summed E-state index contributed by atoms with van der Waals surface area (Å²) in [7, 11) is 0. The number of nitrogens with zero attached hydrogens (tertiary/aromatic N) is 2. The summed E-state index contributed by atoms with van der Waals surface area (Å²) in [5.74, 6) is 1.81. The van der Waals surface area contributed by atoms with Crippen LogP contribution in [0.25, 0.3) is 0 Å². The Kier molecular flexibility index (Phi) is 2.35. The van der Waals surface area contributed by atoms with Crippen molar-refractivity contribution in [2.24, 2.45) is 5.92 Å². The maximum atomic E-state index is 10.9. The average molecular weight is 194 g/mol. The first kappa shape index (κ1) is 9.37. The topological polar surface area (TPSA) is 56.0 Å². The lowest BCUT2D eigenvalue weighted by Crippen LogP contribution is -1.98. The molecular formula is C10H14N2O2. The summed E-state index contributed by atoms with van der Waals surface area (Å²) < 4.78 is 4.86. The summed E-state index contributed by atoms with van der Waals surface area (Å²) in [6.07, 6.45) is 3.43. The molecule has 1 aliphatic carbocycles. The van der Waals surface area contributed by atoms with Gasteiger partial charge in [0.1, 0.15) is 0 Å². The molecule has 0 N–H and O–H groups in total. The van der Waals surface area contributed by atoms with Crippen LogP contribution in [0.5, 0.6) is 0 Å². The maximum Gasteiger partial charge on any atom is 0.293 e. The van der Waals surface area contributed by atoms with Gasteiger partial charge in [0.2, 0.25) is 5.78 Å². The average Bonchev–Trinajstić information content (AvgIpc) is 2.70. The van der Waals surface area contributed by atoms with Crippen LogP contribution in [0.15, 0.2) is 4.52 Å². The van der Waals surface area contributed by atoms with Gasteiger partial charge in [-0.15, -0.1) is 0 Å². The lowest BCUT2D eigenvalue weighted by atomic mass is 10.1. The Morgan fingerprint density at radius 1 is 1.50 bits per heavy atom. The van der Waals surface area contributed by atoms with E-state index in [4.69, 9.17) is 4.52 Å². The molecule has 0 amide bonds. The van der Waals surface area contributed by atoms with E-state index in [2.05, 4.69) is 17.1 Å². The van der Waals surface area contributed by atoms with E-state index in [1.54, 1.807) is 0 Å². The number of aromatic nitrogens is 2. The monoisotopic (exact) mass is 194 g/mol. The zero-order valence-corrected chi connectivity index (χ0v) is 8.49. The minimum atomic E-state index is -0.158. The van der Waals surface area contributed by atoms with E-state index in [0.717, 1.165) is 18.8 Å². The molecule has 1 saturated carbocycles. The van der Waals surface area contributed by atoms with Gasteiger partial charge in [0, 0.05) is 12.8 Å². The zero-order valence-electron chi connectivity index (χ0n) is 8.49. The highest BCUT2D eigenvalue weighted by Crippen LogP contribution is 2.36. The SMILES string of the molecule is CC(=O)c1nc(C2CCC(C)C2)no1. The maximum absolute atomic E-state index is 10.9. The number of rotatable bonds is 2. The third kappa shape index (κ3) is 1.69. The molecule has 2 rings (SSSR count).